The highest BCUT2D eigenvalue weighted by Gasteiger charge is 2.14. The van der Waals surface area contributed by atoms with Gasteiger partial charge in [0.15, 0.2) is 0 Å². The molecule has 0 atom stereocenters. The molecule has 3 nitrogen and oxygen atoms in total. The summed E-state index contributed by atoms with van der Waals surface area (Å²) in [6.45, 7) is 0. The number of amides is 1. The van der Waals surface area contributed by atoms with Gasteiger partial charge in [0.05, 0.1) is 5.69 Å². The van der Waals surface area contributed by atoms with E-state index in [0.717, 1.165) is 5.01 Å². The first-order chi connectivity index (χ1) is 8.58. The van der Waals surface area contributed by atoms with Crippen LogP contribution in [0.2, 0.25) is 0 Å². The number of hydrogen-bond donors (Lipinski definition) is 1. The van der Waals surface area contributed by atoms with Gasteiger partial charge in [0.25, 0.3) is 5.91 Å². The molecule has 92 valence electrons. The molecule has 0 radical (unpaired) electrons. The van der Waals surface area contributed by atoms with Gasteiger partial charge in [-0.05, 0) is 48.5 Å². The lowest BCUT2D eigenvalue weighted by Crippen LogP contribution is -2.37. The fraction of sp³-hybridized carbons (Fsp3) is 0. The number of nitrogens with two attached hydrogens (primary N) is 1. The van der Waals surface area contributed by atoms with Crippen molar-refractivity contribution in [3.8, 4) is 0 Å². The third kappa shape index (κ3) is 2.52. The molecule has 0 saturated heterocycles. The van der Waals surface area contributed by atoms with Crippen LogP contribution < -0.4 is 10.9 Å². The van der Waals surface area contributed by atoms with Gasteiger partial charge >= 0.3 is 0 Å². The second-order valence-corrected chi connectivity index (χ2v) is 3.66. The van der Waals surface area contributed by atoms with Crippen molar-refractivity contribution in [3.05, 3.63) is 65.7 Å². The molecule has 0 heterocycles. The lowest BCUT2D eigenvalue weighted by molar-refractivity contribution is 0.0987. The Bertz CT molecular complexity index is 552. The predicted octanol–water partition coefficient (Wildman–Crippen LogP) is 2.49. The molecule has 0 spiro atoms. The quantitative estimate of drug-likeness (QED) is 0.504. The summed E-state index contributed by atoms with van der Waals surface area (Å²) in [5, 5.41) is 0.882. The Labute approximate surface area is 102 Å². The molecule has 0 unspecified atom stereocenters. The van der Waals surface area contributed by atoms with Crippen molar-refractivity contribution in [1.82, 2.24) is 0 Å². The molecule has 0 fully saturated rings. The van der Waals surface area contributed by atoms with Crippen LogP contribution in [-0.4, -0.2) is 5.91 Å². The molecule has 1 amide bonds. The van der Waals surface area contributed by atoms with Gasteiger partial charge in [-0.3, -0.25) is 4.79 Å². The van der Waals surface area contributed by atoms with Crippen LogP contribution in [0, 0.1) is 11.6 Å². The standard InChI is InChI=1S/C13H10F2N2O/c14-10-3-1-9(2-4-10)13(18)17(16)12-7-5-11(15)6-8-12/h1-8H,16H2. The predicted molar refractivity (Wildman–Crippen MR) is 63.8 cm³/mol. The summed E-state index contributed by atoms with van der Waals surface area (Å²) < 4.78 is 25.5. The summed E-state index contributed by atoms with van der Waals surface area (Å²) in [5.41, 5.74) is 0.606. The van der Waals surface area contributed by atoms with Crippen LogP contribution in [0.1, 0.15) is 10.4 Å². The highest BCUT2D eigenvalue weighted by atomic mass is 19.1. The zero-order valence-corrected chi connectivity index (χ0v) is 9.31. The van der Waals surface area contributed by atoms with Gasteiger partial charge < -0.3 is 0 Å². The lowest BCUT2D eigenvalue weighted by Gasteiger charge is -2.16. The van der Waals surface area contributed by atoms with Crippen LogP contribution in [0.25, 0.3) is 0 Å². The fourth-order valence-corrected chi connectivity index (χ4v) is 1.45. The lowest BCUT2D eigenvalue weighted by atomic mass is 10.2. The number of hydrogen-bond acceptors (Lipinski definition) is 2. The van der Waals surface area contributed by atoms with Gasteiger partial charge in [-0.1, -0.05) is 0 Å². The van der Waals surface area contributed by atoms with E-state index in [-0.39, 0.29) is 5.56 Å². The third-order valence-electron chi connectivity index (χ3n) is 2.41. The molecule has 18 heavy (non-hydrogen) atoms. The minimum atomic E-state index is -0.499. The molecule has 2 rings (SSSR count). The minimum absolute atomic E-state index is 0.253. The van der Waals surface area contributed by atoms with E-state index in [1.54, 1.807) is 0 Å². The zero-order valence-electron chi connectivity index (χ0n) is 9.31. The van der Waals surface area contributed by atoms with Crippen LogP contribution in [0.5, 0.6) is 0 Å². The van der Waals surface area contributed by atoms with Crippen LogP contribution >= 0.6 is 0 Å². The number of hydrazine groups is 1. The molecule has 0 aromatic heterocycles. The van der Waals surface area contributed by atoms with E-state index in [2.05, 4.69) is 0 Å². The maximum atomic E-state index is 12.7. The van der Waals surface area contributed by atoms with E-state index in [9.17, 15) is 13.6 Å². The molecule has 0 bridgehead atoms. The third-order valence-corrected chi connectivity index (χ3v) is 2.41. The van der Waals surface area contributed by atoms with Crippen LogP contribution in [0.3, 0.4) is 0 Å². The minimum Gasteiger partial charge on any atom is -0.267 e. The van der Waals surface area contributed by atoms with Gasteiger partial charge in [-0.2, -0.15) is 0 Å². The zero-order chi connectivity index (χ0) is 13.1. The van der Waals surface area contributed by atoms with Crippen molar-refractivity contribution in [2.75, 3.05) is 5.01 Å². The first-order valence-electron chi connectivity index (χ1n) is 5.18. The Morgan fingerprint density at radius 3 is 1.83 bits per heavy atom. The summed E-state index contributed by atoms with van der Waals surface area (Å²) in [6, 6.07) is 10.2. The number of carbonyl (C=O) groups is 1. The maximum absolute atomic E-state index is 12.7. The first-order valence-corrected chi connectivity index (χ1v) is 5.18. The normalized spacial score (nSPS) is 10.2. The van der Waals surface area contributed by atoms with Gasteiger partial charge in [0.1, 0.15) is 11.6 Å². The Morgan fingerprint density at radius 1 is 0.889 bits per heavy atom. The monoisotopic (exact) mass is 248 g/mol. The molecule has 2 aromatic carbocycles. The van der Waals surface area contributed by atoms with Crippen molar-refractivity contribution < 1.29 is 13.6 Å². The van der Waals surface area contributed by atoms with Crippen LogP contribution in [0.15, 0.2) is 48.5 Å². The largest absolute Gasteiger partial charge is 0.272 e. The number of carbonyl (C=O) groups excluding carboxylic acids is 1. The van der Waals surface area contributed by atoms with E-state index < -0.39 is 17.5 Å². The molecular weight excluding hydrogens is 238 g/mol. The van der Waals surface area contributed by atoms with Crippen molar-refractivity contribution in [1.29, 1.82) is 0 Å². The molecule has 2 aromatic rings. The van der Waals surface area contributed by atoms with E-state index in [4.69, 9.17) is 5.84 Å². The van der Waals surface area contributed by atoms with Crippen molar-refractivity contribution in [2.45, 2.75) is 0 Å². The molecular formula is C13H10F2N2O. The number of benzene rings is 2. The van der Waals surface area contributed by atoms with E-state index >= 15 is 0 Å². The molecule has 0 aliphatic carbocycles. The van der Waals surface area contributed by atoms with Crippen molar-refractivity contribution >= 4 is 11.6 Å². The van der Waals surface area contributed by atoms with Gasteiger partial charge in [0.2, 0.25) is 0 Å². The van der Waals surface area contributed by atoms with E-state index in [1.807, 2.05) is 0 Å². The summed E-state index contributed by atoms with van der Waals surface area (Å²) >= 11 is 0. The summed E-state index contributed by atoms with van der Waals surface area (Å²) in [7, 11) is 0. The van der Waals surface area contributed by atoms with Crippen LogP contribution in [-0.2, 0) is 0 Å². The summed E-state index contributed by atoms with van der Waals surface area (Å²) in [5.74, 6) is 4.28. The Balaban J connectivity index is 2.23. The van der Waals surface area contributed by atoms with Crippen molar-refractivity contribution in [3.63, 3.8) is 0 Å². The number of anilines is 1. The highest BCUT2D eigenvalue weighted by Crippen LogP contribution is 2.14. The summed E-state index contributed by atoms with van der Waals surface area (Å²) in [6.07, 6.45) is 0. The Morgan fingerprint density at radius 2 is 1.33 bits per heavy atom. The van der Waals surface area contributed by atoms with E-state index in [1.165, 1.54) is 48.5 Å². The number of halogens is 2. The molecule has 0 saturated carbocycles. The molecule has 5 heteroatoms. The van der Waals surface area contributed by atoms with Gasteiger partial charge in [-0.25, -0.2) is 19.6 Å². The summed E-state index contributed by atoms with van der Waals surface area (Å²) in [4.78, 5) is 11.9. The van der Waals surface area contributed by atoms with Gasteiger partial charge in [-0.15, -0.1) is 0 Å². The Hall–Kier alpha value is -2.27. The number of nitrogens with zero attached hydrogens (tertiary/aromatic N) is 1. The first kappa shape index (κ1) is 12.2. The Kier molecular flexibility index (Phi) is 3.34. The van der Waals surface area contributed by atoms with E-state index in [0.29, 0.717) is 5.69 Å². The highest BCUT2D eigenvalue weighted by molar-refractivity contribution is 6.05. The smallest absolute Gasteiger partial charge is 0.267 e. The topological polar surface area (TPSA) is 46.3 Å². The van der Waals surface area contributed by atoms with Crippen molar-refractivity contribution in [2.24, 2.45) is 5.84 Å². The average molecular weight is 248 g/mol. The fourth-order valence-electron chi connectivity index (χ4n) is 1.45. The molecule has 0 aliphatic heterocycles. The molecule has 0 aliphatic rings. The second kappa shape index (κ2) is 4.93. The van der Waals surface area contributed by atoms with Crippen LogP contribution in [0.4, 0.5) is 14.5 Å². The SMILES string of the molecule is NN(C(=O)c1ccc(F)cc1)c1ccc(F)cc1. The van der Waals surface area contributed by atoms with Gasteiger partial charge in [0, 0.05) is 5.56 Å². The maximum Gasteiger partial charge on any atom is 0.272 e. The number of rotatable bonds is 2. The second-order valence-electron chi connectivity index (χ2n) is 3.66. The molecule has 2 N–H and O–H groups in total. The average Bonchev–Trinajstić information content (AvgIpc) is 2.39.